The predicted octanol–water partition coefficient (Wildman–Crippen LogP) is 4.99. The minimum absolute atomic E-state index is 0.0219. The molecule has 0 aliphatic heterocycles. The van der Waals surface area contributed by atoms with Gasteiger partial charge in [-0.3, -0.25) is 4.79 Å². The molecule has 1 unspecified atom stereocenters. The van der Waals surface area contributed by atoms with Gasteiger partial charge in [0.1, 0.15) is 11.5 Å². The highest BCUT2D eigenvalue weighted by Crippen LogP contribution is 2.40. The van der Waals surface area contributed by atoms with Crippen LogP contribution >= 0.6 is 0 Å². The van der Waals surface area contributed by atoms with Crippen molar-refractivity contribution < 1.29 is 9.18 Å². The highest BCUT2D eigenvalue weighted by Gasteiger charge is 2.33. The SMILES string of the molecule is N#Cc1cccc(C(N)(CCC2CC2)c2ccc(F)c(NC(=O)c3ccnn3-c3cccc(CN)c3)c2)c1. The Balaban J connectivity index is 1.47. The monoisotopic (exact) mass is 508 g/mol. The molecule has 0 spiro atoms. The Kier molecular flexibility index (Phi) is 7.05. The smallest absolute Gasteiger partial charge is 0.274 e. The first-order chi connectivity index (χ1) is 18.4. The molecule has 1 aliphatic carbocycles. The maximum Gasteiger partial charge on any atom is 0.274 e. The first-order valence-corrected chi connectivity index (χ1v) is 12.7. The molecule has 7 nitrogen and oxygen atoms in total. The van der Waals surface area contributed by atoms with Crippen molar-refractivity contribution in [2.45, 2.75) is 37.8 Å². The maximum atomic E-state index is 15.0. The number of aromatic nitrogens is 2. The highest BCUT2D eigenvalue weighted by atomic mass is 19.1. The standard InChI is InChI=1S/C30H29FN6O/c31-26-10-9-24(30(34,13-11-20-7-8-20)23-5-1-3-21(15-23)18-32)17-27(26)36-29(38)28-12-14-35-37(28)25-6-2-4-22(16-25)19-33/h1-6,9-10,12,14-17,20H,7-8,11,13,19,33-34H2,(H,36,38). The molecule has 1 amide bonds. The lowest BCUT2D eigenvalue weighted by molar-refractivity contribution is 0.101. The molecule has 1 aromatic heterocycles. The topological polar surface area (TPSA) is 123 Å². The second-order valence-corrected chi connectivity index (χ2v) is 9.80. The second kappa shape index (κ2) is 10.6. The quantitative estimate of drug-likeness (QED) is 0.294. The molecule has 0 radical (unpaired) electrons. The molecular formula is C30H29FN6O. The summed E-state index contributed by atoms with van der Waals surface area (Å²) < 4.78 is 16.5. The van der Waals surface area contributed by atoms with Gasteiger partial charge in [0.15, 0.2) is 0 Å². The summed E-state index contributed by atoms with van der Waals surface area (Å²) in [4.78, 5) is 13.3. The number of hydrogen-bond donors (Lipinski definition) is 3. The summed E-state index contributed by atoms with van der Waals surface area (Å²) in [5.41, 5.74) is 15.6. The minimum atomic E-state index is -0.951. The molecular weight excluding hydrogens is 479 g/mol. The van der Waals surface area contributed by atoms with E-state index in [1.807, 2.05) is 30.3 Å². The number of nitrogens with one attached hydrogen (secondary N) is 1. The van der Waals surface area contributed by atoms with Gasteiger partial charge in [-0.2, -0.15) is 10.4 Å². The van der Waals surface area contributed by atoms with E-state index in [1.165, 1.54) is 29.8 Å². The van der Waals surface area contributed by atoms with Crippen LogP contribution in [-0.4, -0.2) is 15.7 Å². The number of halogens is 1. The van der Waals surface area contributed by atoms with Crippen LogP contribution in [0, 0.1) is 23.1 Å². The van der Waals surface area contributed by atoms with Gasteiger partial charge in [-0.05, 0) is 77.9 Å². The number of benzene rings is 3. The van der Waals surface area contributed by atoms with E-state index in [2.05, 4.69) is 16.5 Å². The van der Waals surface area contributed by atoms with E-state index >= 15 is 0 Å². The predicted molar refractivity (Wildman–Crippen MR) is 144 cm³/mol. The van der Waals surface area contributed by atoms with Gasteiger partial charge in [-0.1, -0.05) is 43.2 Å². The van der Waals surface area contributed by atoms with E-state index in [4.69, 9.17) is 11.5 Å². The first kappa shape index (κ1) is 25.3. The van der Waals surface area contributed by atoms with Crippen molar-refractivity contribution in [1.82, 2.24) is 9.78 Å². The Labute approximate surface area is 220 Å². The number of carbonyl (C=O) groups is 1. The fourth-order valence-corrected chi connectivity index (χ4v) is 4.74. The number of amides is 1. The molecule has 4 aromatic rings. The molecule has 1 fully saturated rings. The number of nitriles is 1. The number of nitrogens with zero attached hydrogens (tertiary/aromatic N) is 3. The van der Waals surface area contributed by atoms with Gasteiger partial charge in [0.2, 0.25) is 0 Å². The lowest BCUT2D eigenvalue weighted by Crippen LogP contribution is -2.38. The summed E-state index contributed by atoms with van der Waals surface area (Å²) in [6.45, 7) is 0.355. The van der Waals surface area contributed by atoms with Crippen LogP contribution in [0.5, 0.6) is 0 Å². The Hall–Kier alpha value is -4.32. The van der Waals surface area contributed by atoms with Gasteiger partial charge >= 0.3 is 0 Å². The molecule has 1 heterocycles. The lowest BCUT2D eigenvalue weighted by atomic mass is 9.79. The Bertz CT molecular complexity index is 1520. The van der Waals surface area contributed by atoms with Gasteiger partial charge in [0, 0.05) is 6.54 Å². The highest BCUT2D eigenvalue weighted by molar-refractivity contribution is 6.03. The van der Waals surface area contributed by atoms with Crippen LogP contribution in [0.15, 0.2) is 79.0 Å². The van der Waals surface area contributed by atoms with Crippen molar-refractivity contribution >= 4 is 11.6 Å². The van der Waals surface area contributed by atoms with Crippen molar-refractivity contribution in [2.75, 3.05) is 5.32 Å². The van der Waals surface area contributed by atoms with Crippen molar-refractivity contribution in [2.24, 2.45) is 17.4 Å². The molecule has 1 aliphatic rings. The number of hydrogen-bond acceptors (Lipinski definition) is 5. The number of nitrogens with two attached hydrogens (primary N) is 2. The second-order valence-electron chi connectivity index (χ2n) is 9.80. The Morgan fingerprint density at radius 2 is 1.89 bits per heavy atom. The van der Waals surface area contributed by atoms with Crippen molar-refractivity contribution in [1.29, 1.82) is 5.26 Å². The van der Waals surface area contributed by atoms with Crippen molar-refractivity contribution in [3.8, 4) is 11.8 Å². The zero-order valence-corrected chi connectivity index (χ0v) is 20.9. The Morgan fingerprint density at radius 1 is 1.11 bits per heavy atom. The molecule has 192 valence electrons. The third kappa shape index (κ3) is 5.21. The third-order valence-electron chi connectivity index (χ3n) is 7.15. The molecule has 5 N–H and O–H groups in total. The summed E-state index contributed by atoms with van der Waals surface area (Å²) >= 11 is 0. The number of carbonyl (C=O) groups excluding carboxylic acids is 1. The zero-order valence-electron chi connectivity index (χ0n) is 20.9. The van der Waals surface area contributed by atoms with Crippen LogP contribution in [0.4, 0.5) is 10.1 Å². The van der Waals surface area contributed by atoms with E-state index in [0.29, 0.717) is 35.7 Å². The van der Waals surface area contributed by atoms with Crippen LogP contribution in [0.3, 0.4) is 0 Å². The summed E-state index contributed by atoms with van der Waals surface area (Å²) in [7, 11) is 0. The van der Waals surface area contributed by atoms with Gasteiger partial charge in [-0.15, -0.1) is 0 Å². The average Bonchev–Trinajstić information content (AvgIpc) is 3.65. The summed E-state index contributed by atoms with van der Waals surface area (Å²) in [6, 6.07) is 22.9. The van der Waals surface area contributed by atoms with E-state index < -0.39 is 17.3 Å². The number of anilines is 1. The van der Waals surface area contributed by atoms with Crippen LogP contribution in [0.2, 0.25) is 0 Å². The molecule has 1 atom stereocenters. The first-order valence-electron chi connectivity index (χ1n) is 12.7. The normalized spacial score (nSPS) is 14.5. The number of rotatable bonds is 9. The molecule has 3 aromatic carbocycles. The molecule has 8 heteroatoms. The van der Waals surface area contributed by atoms with Crippen molar-refractivity contribution in [3.05, 3.63) is 113 Å². The van der Waals surface area contributed by atoms with Gasteiger partial charge in [0.05, 0.1) is 34.7 Å². The van der Waals surface area contributed by atoms with Crippen LogP contribution in [0.1, 0.15) is 58.4 Å². The summed E-state index contributed by atoms with van der Waals surface area (Å²) in [6.07, 6.45) is 5.44. The van der Waals surface area contributed by atoms with E-state index in [1.54, 1.807) is 36.4 Å². The summed E-state index contributed by atoms with van der Waals surface area (Å²) in [5.74, 6) is -0.452. The maximum absolute atomic E-state index is 15.0. The summed E-state index contributed by atoms with van der Waals surface area (Å²) in [5, 5.41) is 16.4. The average molecular weight is 509 g/mol. The third-order valence-corrected chi connectivity index (χ3v) is 7.15. The molecule has 0 bridgehead atoms. The molecule has 5 rings (SSSR count). The minimum Gasteiger partial charge on any atom is -0.326 e. The lowest BCUT2D eigenvalue weighted by Gasteiger charge is -2.32. The molecule has 38 heavy (non-hydrogen) atoms. The van der Waals surface area contributed by atoms with Gasteiger partial charge < -0.3 is 16.8 Å². The van der Waals surface area contributed by atoms with E-state index in [0.717, 1.165) is 17.5 Å². The molecule has 1 saturated carbocycles. The zero-order chi connectivity index (χ0) is 26.7. The van der Waals surface area contributed by atoms with E-state index in [-0.39, 0.29) is 11.4 Å². The molecule has 0 saturated heterocycles. The fraction of sp³-hybridized carbons (Fsp3) is 0.233. The van der Waals surface area contributed by atoms with Crippen LogP contribution in [-0.2, 0) is 12.1 Å². The van der Waals surface area contributed by atoms with Crippen LogP contribution in [0.25, 0.3) is 5.69 Å². The van der Waals surface area contributed by atoms with E-state index in [9.17, 15) is 14.4 Å². The van der Waals surface area contributed by atoms with Crippen LogP contribution < -0.4 is 16.8 Å². The van der Waals surface area contributed by atoms with Gasteiger partial charge in [0.25, 0.3) is 5.91 Å². The fourth-order valence-electron chi connectivity index (χ4n) is 4.74. The van der Waals surface area contributed by atoms with Gasteiger partial charge in [-0.25, -0.2) is 9.07 Å². The van der Waals surface area contributed by atoms with Crippen molar-refractivity contribution in [3.63, 3.8) is 0 Å². The largest absolute Gasteiger partial charge is 0.326 e. The Morgan fingerprint density at radius 3 is 2.66 bits per heavy atom.